The maximum atomic E-state index is 2.43. The fourth-order valence-electron chi connectivity index (χ4n) is 8.95. The van der Waals surface area contributed by atoms with Crippen LogP contribution in [0.2, 0.25) is 0 Å². The number of benzene rings is 11. The van der Waals surface area contributed by atoms with E-state index in [1.165, 1.54) is 87.2 Å². The molecule has 0 atom stereocenters. The minimum absolute atomic E-state index is 1.10. The van der Waals surface area contributed by atoms with Gasteiger partial charge in [-0.15, -0.1) is 0 Å². The van der Waals surface area contributed by atoms with Gasteiger partial charge in [-0.3, -0.25) is 0 Å². The number of fused-ring (bicyclic) bond motifs is 7. The summed E-state index contributed by atoms with van der Waals surface area (Å²) in [5.74, 6) is 0. The van der Waals surface area contributed by atoms with Crippen LogP contribution in [0.1, 0.15) is 0 Å². The van der Waals surface area contributed by atoms with Crippen LogP contribution < -0.4 is 4.90 Å². The molecule has 0 aliphatic rings. The van der Waals surface area contributed by atoms with Crippen LogP contribution in [0.3, 0.4) is 0 Å². The summed E-state index contributed by atoms with van der Waals surface area (Å²) in [5.41, 5.74) is 10.6. The van der Waals surface area contributed by atoms with Crippen molar-refractivity contribution in [2.24, 2.45) is 0 Å². The first-order valence-electron chi connectivity index (χ1n) is 19.7. The van der Waals surface area contributed by atoms with Crippen molar-refractivity contribution in [2.45, 2.75) is 0 Å². The summed E-state index contributed by atoms with van der Waals surface area (Å²) in [6, 6.07) is 82.1. The maximum absolute atomic E-state index is 2.43. The van der Waals surface area contributed by atoms with Gasteiger partial charge in [-0.2, -0.15) is 0 Å². The highest BCUT2D eigenvalue weighted by Crippen LogP contribution is 2.46. The molecule has 0 amide bonds. The van der Waals surface area contributed by atoms with Gasteiger partial charge in [0.25, 0.3) is 0 Å². The topological polar surface area (TPSA) is 3.24 Å². The molecule has 1 nitrogen and oxygen atoms in total. The Morgan fingerprint density at radius 1 is 0.228 bits per heavy atom. The number of rotatable bonds is 6. The predicted octanol–water partition coefficient (Wildman–Crippen LogP) is 15.9. The SMILES string of the molecule is c1ccc(-c2cccc(N(c3ccc(-c4cccc5ccccc45)cc3)c3ccc(-c4cc5c6ccccc6ccc5c5ccccc45)c4ccccc34)c2)cc1. The summed E-state index contributed by atoms with van der Waals surface area (Å²) < 4.78 is 0. The smallest absolute Gasteiger partial charge is 0.0540 e. The molecule has 0 spiro atoms. The molecular formula is C56H37N. The third-order valence-corrected chi connectivity index (χ3v) is 11.6. The molecule has 0 unspecified atom stereocenters. The summed E-state index contributed by atoms with van der Waals surface area (Å²) in [5, 5.41) is 12.5. The number of hydrogen-bond donors (Lipinski definition) is 0. The highest BCUT2D eigenvalue weighted by molar-refractivity contribution is 6.22. The fourth-order valence-corrected chi connectivity index (χ4v) is 8.95. The third kappa shape index (κ3) is 5.63. The summed E-state index contributed by atoms with van der Waals surface area (Å²) in [6.45, 7) is 0. The van der Waals surface area contributed by atoms with Gasteiger partial charge in [0.15, 0.2) is 0 Å². The summed E-state index contributed by atoms with van der Waals surface area (Å²) in [6.07, 6.45) is 0. The van der Waals surface area contributed by atoms with Crippen molar-refractivity contribution >= 4 is 70.9 Å². The Morgan fingerprint density at radius 3 is 1.60 bits per heavy atom. The van der Waals surface area contributed by atoms with Crippen molar-refractivity contribution in [1.82, 2.24) is 0 Å². The van der Waals surface area contributed by atoms with Gasteiger partial charge in [0.2, 0.25) is 0 Å². The van der Waals surface area contributed by atoms with Crippen LogP contribution >= 0.6 is 0 Å². The first-order valence-corrected chi connectivity index (χ1v) is 19.7. The summed E-state index contributed by atoms with van der Waals surface area (Å²) in [4.78, 5) is 2.43. The van der Waals surface area contributed by atoms with Gasteiger partial charge in [-0.1, -0.05) is 188 Å². The highest BCUT2D eigenvalue weighted by Gasteiger charge is 2.20. The van der Waals surface area contributed by atoms with E-state index < -0.39 is 0 Å². The standard InChI is InChI=1S/C56H37N/c1-2-14-38(15-3-1)42-19-12-20-44(36-42)57(43-31-28-41(29-32-43)46-27-13-18-39-16-4-6-21-45(39)46)56-35-34-52(49-24-10-11-26-53(49)56)55-37-54-47-22-7-5-17-40(47)30-33-51(54)48-23-8-9-25-50(48)55/h1-37H. The quantitative estimate of drug-likeness (QED) is 0.154. The fraction of sp³-hybridized carbons (Fsp3) is 0. The number of nitrogens with zero attached hydrogens (tertiary/aromatic N) is 1. The Kier molecular flexibility index (Phi) is 7.89. The molecule has 0 heterocycles. The maximum Gasteiger partial charge on any atom is 0.0540 e. The van der Waals surface area contributed by atoms with Crippen molar-refractivity contribution in [3.05, 3.63) is 224 Å². The van der Waals surface area contributed by atoms with E-state index in [0.29, 0.717) is 0 Å². The van der Waals surface area contributed by atoms with Crippen molar-refractivity contribution < 1.29 is 0 Å². The van der Waals surface area contributed by atoms with Crippen LogP contribution in [0.5, 0.6) is 0 Å². The zero-order valence-electron chi connectivity index (χ0n) is 31.3. The average molecular weight is 724 g/mol. The second kappa shape index (κ2) is 13.7. The zero-order chi connectivity index (χ0) is 37.7. The molecule has 0 saturated carbocycles. The van der Waals surface area contributed by atoms with Gasteiger partial charge >= 0.3 is 0 Å². The second-order valence-electron chi connectivity index (χ2n) is 14.9. The predicted molar refractivity (Wildman–Crippen MR) is 245 cm³/mol. The van der Waals surface area contributed by atoms with Gasteiger partial charge in [-0.05, 0) is 118 Å². The first-order chi connectivity index (χ1) is 28.3. The zero-order valence-corrected chi connectivity index (χ0v) is 31.3. The van der Waals surface area contributed by atoms with E-state index in [9.17, 15) is 0 Å². The lowest BCUT2D eigenvalue weighted by atomic mass is 9.88. The van der Waals surface area contributed by atoms with Crippen molar-refractivity contribution in [2.75, 3.05) is 4.90 Å². The molecule has 0 fully saturated rings. The van der Waals surface area contributed by atoms with Crippen LogP contribution in [0.4, 0.5) is 17.1 Å². The molecule has 57 heavy (non-hydrogen) atoms. The van der Waals surface area contributed by atoms with Gasteiger partial charge in [0.05, 0.1) is 5.69 Å². The molecule has 11 rings (SSSR count). The van der Waals surface area contributed by atoms with Crippen molar-refractivity contribution in [3.8, 4) is 33.4 Å². The van der Waals surface area contributed by atoms with E-state index in [1.54, 1.807) is 0 Å². The summed E-state index contributed by atoms with van der Waals surface area (Å²) in [7, 11) is 0. The van der Waals surface area contributed by atoms with Crippen molar-refractivity contribution in [1.29, 1.82) is 0 Å². The Morgan fingerprint density at radius 2 is 0.807 bits per heavy atom. The van der Waals surface area contributed by atoms with Crippen LogP contribution in [0.25, 0.3) is 87.2 Å². The Hall–Kier alpha value is -7.48. The van der Waals surface area contributed by atoms with E-state index >= 15 is 0 Å². The van der Waals surface area contributed by atoms with E-state index in [-0.39, 0.29) is 0 Å². The second-order valence-corrected chi connectivity index (χ2v) is 14.9. The largest absolute Gasteiger partial charge is 0.310 e. The molecule has 0 aliphatic carbocycles. The van der Waals surface area contributed by atoms with E-state index in [0.717, 1.165) is 17.1 Å². The van der Waals surface area contributed by atoms with Crippen LogP contribution in [0.15, 0.2) is 224 Å². The Labute approximate surface area is 332 Å². The average Bonchev–Trinajstić information content (AvgIpc) is 3.29. The molecular weight excluding hydrogens is 687 g/mol. The molecule has 0 saturated heterocycles. The van der Waals surface area contributed by atoms with Gasteiger partial charge < -0.3 is 4.90 Å². The molecule has 1 heteroatoms. The monoisotopic (exact) mass is 723 g/mol. The number of hydrogen-bond acceptors (Lipinski definition) is 1. The van der Waals surface area contributed by atoms with Crippen LogP contribution in [-0.2, 0) is 0 Å². The number of anilines is 3. The minimum atomic E-state index is 1.10. The third-order valence-electron chi connectivity index (χ3n) is 11.6. The Bertz CT molecular complexity index is 3280. The van der Waals surface area contributed by atoms with Crippen LogP contribution in [-0.4, -0.2) is 0 Å². The molecule has 11 aromatic carbocycles. The molecule has 0 aliphatic heterocycles. The molecule has 11 aromatic rings. The van der Waals surface area contributed by atoms with Crippen LogP contribution in [0, 0.1) is 0 Å². The van der Waals surface area contributed by atoms with Gasteiger partial charge in [-0.25, -0.2) is 0 Å². The highest BCUT2D eigenvalue weighted by atomic mass is 15.1. The Balaban J connectivity index is 1.13. The van der Waals surface area contributed by atoms with E-state index in [2.05, 4.69) is 229 Å². The van der Waals surface area contributed by atoms with E-state index in [1.807, 2.05) is 0 Å². The van der Waals surface area contributed by atoms with Gasteiger partial charge in [0.1, 0.15) is 0 Å². The molecule has 0 aromatic heterocycles. The molecule has 0 N–H and O–H groups in total. The lowest BCUT2D eigenvalue weighted by molar-refractivity contribution is 1.30. The van der Waals surface area contributed by atoms with Crippen molar-refractivity contribution in [3.63, 3.8) is 0 Å². The summed E-state index contributed by atoms with van der Waals surface area (Å²) >= 11 is 0. The van der Waals surface area contributed by atoms with E-state index in [4.69, 9.17) is 0 Å². The lowest BCUT2D eigenvalue weighted by Gasteiger charge is -2.28. The molecule has 266 valence electrons. The lowest BCUT2D eigenvalue weighted by Crippen LogP contribution is -2.11. The normalized spacial score (nSPS) is 11.5. The molecule has 0 radical (unpaired) electrons. The first kappa shape index (κ1) is 32.9. The minimum Gasteiger partial charge on any atom is -0.310 e. The molecule has 0 bridgehead atoms. The van der Waals surface area contributed by atoms with Gasteiger partial charge in [0, 0.05) is 16.8 Å².